The number of carbonyl (C=O) groups is 1. The van der Waals surface area contributed by atoms with Crippen LogP contribution in [0.5, 0.6) is 5.88 Å². The highest BCUT2D eigenvalue weighted by Gasteiger charge is 2.09. The topological polar surface area (TPSA) is 98.3 Å². The molecule has 0 radical (unpaired) electrons. The Hall–Kier alpha value is -2.63. The van der Waals surface area contributed by atoms with Crippen LogP contribution >= 0.6 is 0 Å². The van der Waals surface area contributed by atoms with Crippen molar-refractivity contribution in [2.45, 2.75) is 6.42 Å². The van der Waals surface area contributed by atoms with E-state index >= 15 is 0 Å². The van der Waals surface area contributed by atoms with Gasteiger partial charge in [0.1, 0.15) is 0 Å². The highest BCUT2D eigenvalue weighted by Crippen LogP contribution is 2.18. The van der Waals surface area contributed by atoms with Gasteiger partial charge in [0.25, 0.3) is 0 Å². The van der Waals surface area contributed by atoms with Gasteiger partial charge >= 0.3 is 5.97 Å². The predicted molar refractivity (Wildman–Crippen MR) is 69.0 cm³/mol. The number of carboxylic acid groups (broad SMARTS) is 1. The number of pyridine rings is 2. The minimum Gasteiger partial charge on any atom is -0.477 e. The molecule has 2 heterocycles. The normalized spacial score (nSPS) is 10.1. The van der Waals surface area contributed by atoms with Crippen molar-refractivity contribution in [1.82, 2.24) is 9.97 Å². The number of ether oxygens (including phenoxy) is 1. The van der Waals surface area contributed by atoms with Crippen molar-refractivity contribution >= 4 is 11.7 Å². The lowest BCUT2D eigenvalue weighted by Gasteiger charge is -2.08. The number of carboxylic acids is 1. The monoisotopic (exact) mass is 259 g/mol. The largest absolute Gasteiger partial charge is 0.477 e. The molecule has 3 N–H and O–H groups in total. The molecule has 0 spiro atoms. The summed E-state index contributed by atoms with van der Waals surface area (Å²) in [4.78, 5) is 18.8. The molecule has 0 saturated carbocycles. The third kappa shape index (κ3) is 3.41. The average Bonchev–Trinajstić information content (AvgIpc) is 2.42. The summed E-state index contributed by atoms with van der Waals surface area (Å²) in [5.41, 5.74) is 6.77. The summed E-state index contributed by atoms with van der Waals surface area (Å²) in [6.07, 6.45) is 2.30. The van der Waals surface area contributed by atoms with Gasteiger partial charge in [-0.2, -0.15) is 0 Å². The smallest absolute Gasteiger partial charge is 0.354 e. The summed E-state index contributed by atoms with van der Waals surface area (Å²) in [7, 11) is 0. The molecule has 2 rings (SSSR count). The first-order chi connectivity index (χ1) is 9.16. The van der Waals surface area contributed by atoms with E-state index in [9.17, 15) is 4.79 Å². The second-order valence-electron chi connectivity index (χ2n) is 3.82. The fourth-order valence-corrected chi connectivity index (χ4v) is 1.48. The quantitative estimate of drug-likeness (QED) is 0.841. The Morgan fingerprint density at radius 3 is 2.84 bits per heavy atom. The average molecular weight is 259 g/mol. The standard InChI is InChI=1S/C13H13N3O3/c14-10-4-5-11(13(17)18)16-12(10)19-8-6-9-3-1-2-7-15-9/h1-5,7H,6,8,14H2,(H,17,18). The Morgan fingerprint density at radius 2 is 2.16 bits per heavy atom. The van der Waals surface area contributed by atoms with E-state index in [1.165, 1.54) is 12.1 Å². The van der Waals surface area contributed by atoms with Gasteiger partial charge in [-0.15, -0.1) is 0 Å². The van der Waals surface area contributed by atoms with E-state index in [0.29, 0.717) is 18.7 Å². The lowest BCUT2D eigenvalue weighted by atomic mass is 10.3. The fourth-order valence-electron chi connectivity index (χ4n) is 1.48. The van der Waals surface area contributed by atoms with Crippen molar-refractivity contribution < 1.29 is 14.6 Å². The van der Waals surface area contributed by atoms with Gasteiger partial charge in [-0.05, 0) is 24.3 Å². The summed E-state index contributed by atoms with van der Waals surface area (Å²) >= 11 is 0. The fraction of sp³-hybridized carbons (Fsp3) is 0.154. The number of nitrogens with two attached hydrogens (primary N) is 1. The molecular formula is C13H13N3O3. The minimum atomic E-state index is -1.12. The molecule has 2 aromatic heterocycles. The molecule has 0 atom stereocenters. The van der Waals surface area contributed by atoms with Gasteiger partial charge < -0.3 is 15.6 Å². The Balaban J connectivity index is 1.99. The van der Waals surface area contributed by atoms with Crippen molar-refractivity contribution in [2.24, 2.45) is 0 Å². The van der Waals surface area contributed by atoms with Crippen LogP contribution in [-0.2, 0) is 6.42 Å². The van der Waals surface area contributed by atoms with E-state index in [2.05, 4.69) is 9.97 Å². The number of nitrogen functional groups attached to an aromatic ring is 1. The van der Waals surface area contributed by atoms with E-state index in [0.717, 1.165) is 5.69 Å². The molecule has 0 bridgehead atoms. The van der Waals surface area contributed by atoms with Crippen molar-refractivity contribution in [3.63, 3.8) is 0 Å². The van der Waals surface area contributed by atoms with Gasteiger partial charge in [-0.3, -0.25) is 4.98 Å². The van der Waals surface area contributed by atoms with Gasteiger partial charge in [-0.1, -0.05) is 6.07 Å². The van der Waals surface area contributed by atoms with Gasteiger partial charge in [0.2, 0.25) is 5.88 Å². The number of aromatic nitrogens is 2. The summed E-state index contributed by atoms with van der Waals surface area (Å²) in [5, 5.41) is 8.83. The number of hydrogen-bond acceptors (Lipinski definition) is 5. The maximum absolute atomic E-state index is 10.8. The van der Waals surface area contributed by atoms with E-state index in [4.69, 9.17) is 15.6 Å². The molecule has 0 aliphatic heterocycles. The van der Waals surface area contributed by atoms with Gasteiger partial charge in [0, 0.05) is 18.3 Å². The molecule has 0 aromatic carbocycles. The molecule has 0 aliphatic carbocycles. The highest BCUT2D eigenvalue weighted by molar-refractivity contribution is 5.86. The third-order valence-corrected chi connectivity index (χ3v) is 2.43. The highest BCUT2D eigenvalue weighted by atomic mass is 16.5. The molecule has 0 aliphatic rings. The van der Waals surface area contributed by atoms with Crippen LogP contribution in [0.1, 0.15) is 16.2 Å². The lowest BCUT2D eigenvalue weighted by Crippen LogP contribution is -2.08. The van der Waals surface area contributed by atoms with E-state index in [-0.39, 0.29) is 11.6 Å². The third-order valence-electron chi connectivity index (χ3n) is 2.43. The zero-order valence-electron chi connectivity index (χ0n) is 10.1. The van der Waals surface area contributed by atoms with Crippen molar-refractivity contribution in [1.29, 1.82) is 0 Å². The number of rotatable bonds is 5. The first-order valence-electron chi connectivity index (χ1n) is 5.69. The molecule has 19 heavy (non-hydrogen) atoms. The van der Waals surface area contributed by atoms with Crippen LogP contribution in [0.25, 0.3) is 0 Å². The zero-order chi connectivity index (χ0) is 13.7. The van der Waals surface area contributed by atoms with Gasteiger partial charge in [0.15, 0.2) is 5.69 Å². The summed E-state index contributed by atoms with van der Waals surface area (Å²) in [5.74, 6) is -0.981. The van der Waals surface area contributed by atoms with Gasteiger partial charge in [0.05, 0.1) is 12.3 Å². The molecule has 6 heteroatoms. The SMILES string of the molecule is Nc1ccc(C(=O)O)nc1OCCc1ccccn1. The number of anilines is 1. The molecule has 0 amide bonds. The maximum Gasteiger partial charge on any atom is 0.354 e. The van der Waals surface area contributed by atoms with Crippen molar-refractivity contribution in [3.8, 4) is 5.88 Å². The maximum atomic E-state index is 10.8. The number of aromatic carboxylic acids is 1. The molecule has 6 nitrogen and oxygen atoms in total. The van der Waals surface area contributed by atoms with Crippen LogP contribution in [0.15, 0.2) is 36.5 Å². The van der Waals surface area contributed by atoms with E-state index in [1.807, 2.05) is 18.2 Å². The Morgan fingerprint density at radius 1 is 1.32 bits per heavy atom. The van der Waals surface area contributed by atoms with Gasteiger partial charge in [-0.25, -0.2) is 9.78 Å². The van der Waals surface area contributed by atoms with Crippen molar-refractivity contribution in [2.75, 3.05) is 12.3 Å². The first kappa shape index (κ1) is 12.8. The summed E-state index contributed by atoms with van der Waals surface area (Å²) in [6.45, 7) is 0.331. The van der Waals surface area contributed by atoms with Crippen LogP contribution in [-0.4, -0.2) is 27.7 Å². The molecule has 0 saturated heterocycles. The lowest BCUT2D eigenvalue weighted by molar-refractivity contribution is 0.0689. The van der Waals surface area contributed by atoms with Crippen LogP contribution in [0, 0.1) is 0 Å². The van der Waals surface area contributed by atoms with Crippen LogP contribution in [0.4, 0.5) is 5.69 Å². The molecule has 0 unspecified atom stereocenters. The Bertz CT molecular complexity index is 573. The zero-order valence-corrected chi connectivity index (χ0v) is 10.1. The second-order valence-corrected chi connectivity index (χ2v) is 3.82. The second kappa shape index (κ2) is 5.81. The van der Waals surface area contributed by atoms with Crippen LogP contribution in [0.3, 0.4) is 0 Å². The number of nitrogens with zero attached hydrogens (tertiary/aromatic N) is 2. The van der Waals surface area contributed by atoms with Crippen molar-refractivity contribution in [3.05, 3.63) is 47.9 Å². The van der Waals surface area contributed by atoms with Crippen LogP contribution in [0.2, 0.25) is 0 Å². The molecule has 0 fully saturated rings. The minimum absolute atomic E-state index is 0.0953. The van der Waals surface area contributed by atoms with Crippen LogP contribution < -0.4 is 10.5 Å². The van der Waals surface area contributed by atoms with E-state index < -0.39 is 5.97 Å². The Kier molecular flexibility index (Phi) is 3.92. The molecule has 98 valence electrons. The Labute approximate surface area is 109 Å². The summed E-state index contributed by atoms with van der Waals surface area (Å²) < 4.78 is 5.39. The molecular weight excluding hydrogens is 246 g/mol. The molecule has 2 aromatic rings. The number of hydrogen-bond donors (Lipinski definition) is 2. The first-order valence-corrected chi connectivity index (χ1v) is 5.69. The predicted octanol–water partition coefficient (Wildman–Crippen LogP) is 1.38. The summed E-state index contributed by atoms with van der Waals surface area (Å²) in [6, 6.07) is 8.41. The van der Waals surface area contributed by atoms with E-state index in [1.54, 1.807) is 6.20 Å².